The summed E-state index contributed by atoms with van der Waals surface area (Å²) in [4.78, 5) is 2.45. The van der Waals surface area contributed by atoms with E-state index in [-0.39, 0.29) is 0 Å². The molecular formula is C18H22ClN. The minimum Gasteiger partial charge on any atom is -0.295 e. The van der Waals surface area contributed by atoms with Gasteiger partial charge in [0.25, 0.3) is 0 Å². The molecule has 1 nitrogen and oxygen atoms in total. The minimum absolute atomic E-state index is 0.483. The van der Waals surface area contributed by atoms with Gasteiger partial charge < -0.3 is 0 Å². The van der Waals surface area contributed by atoms with Crippen LogP contribution < -0.4 is 0 Å². The molecule has 0 heterocycles. The van der Waals surface area contributed by atoms with Crippen molar-refractivity contribution < 1.29 is 0 Å². The van der Waals surface area contributed by atoms with Crippen molar-refractivity contribution in [3.05, 3.63) is 71.8 Å². The van der Waals surface area contributed by atoms with E-state index in [0.717, 1.165) is 19.5 Å². The quantitative estimate of drug-likeness (QED) is 0.684. The van der Waals surface area contributed by atoms with Crippen molar-refractivity contribution in [2.24, 2.45) is 0 Å². The van der Waals surface area contributed by atoms with Gasteiger partial charge >= 0.3 is 0 Å². The highest BCUT2D eigenvalue weighted by Gasteiger charge is 2.14. The Hall–Kier alpha value is -1.31. The summed E-state index contributed by atoms with van der Waals surface area (Å²) >= 11 is 5.97. The molecule has 20 heavy (non-hydrogen) atoms. The molecule has 2 aromatic carbocycles. The van der Waals surface area contributed by atoms with Gasteiger partial charge in [0, 0.05) is 25.0 Å². The van der Waals surface area contributed by atoms with Crippen LogP contribution in [0.4, 0.5) is 0 Å². The van der Waals surface area contributed by atoms with E-state index in [4.69, 9.17) is 11.6 Å². The second-order valence-electron chi connectivity index (χ2n) is 5.18. The zero-order chi connectivity index (χ0) is 14.2. The van der Waals surface area contributed by atoms with Crippen molar-refractivity contribution in [2.45, 2.75) is 25.9 Å². The molecule has 0 N–H and O–H groups in total. The third-order valence-corrected chi connectivity index (χ3v) is 3.77. The van der Waals surface area contributed by atoms with Crippen LogP contribution in [0.2, 0.25) is 0 Å². The Balaban J connectivity index is 2.00. The normalized spacial score (nSPS) is 12.6. The second-order valence-corrected chi connectivity index (χ2v) is 5.56. The van der Waals surface area contributed by atoms with Gasteiger partial charge in [0.1, 0.15) is 0 Å². The van der Waals surface area contributed by atoms with Crippen LogP contribution in [0.3, 0.4) is 0 Å². The lowest BCUT2D eigenvalue weighted by molar-refractivity contribution is 0.211. The third-order valence-electron chi connectivity index (χ3n) is 3.60. The molecule has 0 saturated carbocycles. The fourth-order valence-corrected chi connectivity index (χ4v) is 2.68. The van der Waals surface area contributed by atoms with Crippen molar-refractivity contribution in [1.82, 2.24) is 4.90 Å². The highest BCUT2D eigenvalue weighted by Crippen LogP contribution is 2.13. The molecule has 0 unspecified atom stereocenters. The number of nitrogens with zero attached hydrogens (tertiary/aromatic N) is 1. The fourth-order valence-electron chi connectivity index (χ4n) is 2.47. The van der Waals surface area contributed by atoms with E-state index in [1.807, 2.05) is 0 Å². The summed E-state index contributed by atoms with van der Waals surface area (Å²) in [6.07, 6.45) is 1.06. The van der Waals surface area contributed by atoms with Crippen molar-refractivity contribution in [3.8, 4) is 0 Å². The predicted molar refractivity (Wildman–Crippen MR) is 87.2 cm³/mol. The maximum atomic E-state index is 5.97. The lowest BCUT2D eigenvalue weighted by atomic mass is 10.1. The van der Waals surface area contributed by atoms with Gasteiger partial charge in [-0.2, -0.15) is 0 Å². The summed E-state index contributed by atoms with van der Waals surface area (Å²) in [5.41, 5.74) is 2.73. The highest BCUT2D eigenvalue weighted by molar-refractivity contribution is 6.18. The minimum atomic E-state index is 0.483. The van der Waals surface area contributed by atoms with Gasteiger partial charge in [-0.3, -0.25) is 4.90 Å². The van der Waals surface area contributed by atoms with Crippen molar-refractivity contribution in [2.75, 3.05) is 12.4 Å². The Kier molecular flexibility index (Phi) is 6.10. The first-order valence-corrected chi connectivity index (χ1v) is 7.71. The average molecular weight is 288 g/mol. The Morgan fingerprint density at radius 3 is 2.00 bits per heavy atom. The Morgan fingerprint density at radius 2 is 1.45 bits per heavy atom. The maximum absolute atomic E-state index is 5.97. The van der Waals surface area contributed by atoms with Gasteiger partial charge in [-0.05, 0) is 24.5 Å². The zero-order valence-corrected chi connectivity index (χ0v) is 12.8. The molecule has 0 fully saturated rings. The number of hydrogen-bond donors (Lipinski definition) is 0. The number of halogens is 1. The van der Waals surface area contributed by atoms with Crippen LogP contribution in [-0.2, 0) is 13.0 Å². The van der Waals surface area contributed by atoms with Crippen LogP contribution in [0.1, 0.15) is 18.1 Å². The van der Waals surface area contributed by atoms with Gasteiger partial charge in [-0.25, -0.2) is 0 Å². The summed E-state index contributed by atoms with van der Waals surface area (Å²) < 4.78 is 0. The SMILES string of the molecule is C[C@@H](Cc1ccccc1)N(CCCl)Cc1ccccc1. The zero-order valence-electron chi connectivity index (χ0n) is 12.0. The van der Waals surface area contributed by atoms with Crippen LogP contribution in [0, 0.1) is 0 Å². The molecule has 0 radical (unpaired) electrons. The number of alkyl halides is 1. The van der Waals surface area contributed by atoms with Crippen LogP contribution in [-0.4, -0.2) is 23.4 Å². The van der Waals surface area contributed by atoms with E-state index in [1.165, 1.54) is 11.1 Å². The van der Waals surface area contributed by atoms with E-state index in [9.17, 15) is 0 Å². The first-order chi connectivity index (χ1) is 9.79. The summed E-state index contributed by atoms with van der Waals surface area (Å²) in [5, 5.41) is 0. The summed E-state index contributed by atoms with van der Waals surface area (Å²) in [7, 11) is 0. The first-order valence-electron chi connectivity index (χ1n) is 7.17. The molecule has 0 spiro atoms. The van der Waals surface area contributed by atoms with Gasteiger partial charge in [0.15, 0.2) is 0 Å². The topological polar surface area (TPSA) is 3.24 Å². The maximum Gasteiger partial charge on any atom is 0.0351 e. The summed E-state index contributed by atoms with van der Waals surface area (Å²) in [6, 6.07) is 21.7. The van der Waals surface area contributed by atoms with E-state index < -0.39 is 0 Å². The Morgan fingerprint density at radius 1 is 0.900 bits per heavy atom. The molecule has 0 aliphatic heterocycles. The highest BCUT2D eigenvalue weighted by atomic mass is 35.5. The van der Waals surface area contributed by atoms with Crippen LogP contribution in [0.25, 0.3) is 0 Å². The van der Waals surface area contributed by atoms with E-state index >= 15 is 0 Å². The Labute approximate surface area is 127 Å². The van der Waals surface area contributed by atoms with Gasteiger partial charge in [0.05, 0.1) is 0 Å². The van der Waals surface area contributed by atoms with Crippen molar-refractivity contribution in [3.63, 3.8) is 0 Å². The van der Waals surface area contributed by atoms with Crippen LogP contribution >= 0.6 is 11.6 Å². The molecule has 0 saturated heterocycles. The fraction of sp³-hybridized carbons (Fsp3) is 0.333. The lowest BCUT2D eigenvalue weighted by Crippen LogP contribution is -2.35. The molecule has 106 valence electrons. The monoisotopic (exact) mass is 287 g/mol. The first kappa shape index (κ1) is 15.1. The molecule has 2 aromatic rings. The molecule has 0 amide bonds. The molecule has 0 bridgehead atoms. The molecule has 2 heteroatoms. The van der Waals surface area contributed by atoms with Crippen molar-refractivity contribution in [1.29, 1.82) is 0 Å². The largest absolute Gasteiger partial charge is 0.295 e. The molecule has 2 rings (SSSR count). The smallest absolute Gasteiger partial charge is 0.0351 e. The lowest BCUT2D eigenvalue weighted by Gasteiger charge is -2.28. The molecular weight excluding hydrogens is 266 g/mol. The van der Waals surface area contributed by atoms with Gasteiger partial charge in [-0.1, -0.05) is 60.7 Å². The van der Waals surface area contributed by atoms with Crippen LogP contribution in [0.5, 0.6) is 0 Å². The number of rotatable bonds is 7. The van der Waals surface area contributed by atoms with Crippen LogP contribution in [0.15, 0.2) is 60.7 Å². The molecule has 0 aliphatic rings. The van der Waals surface area contributed by atoms with E-state index in [0.29, 0.717) is 11.9 Å². The van der Waals surface area contributed by atoms with Gasteiger partial charge in [-0.15, -0.1) is 11.6 Å². The van der Waals surface area contributed by atoms with E-state index in [2.05, 4.69) is 72.5 Å². The number of hydrogen-bond acceptors (Lipinski definition) is 1. The molecule has 0 aliphatic carbocycles. The van der Waals surface area contributed by atoms with Gasteiger partial charge in [0.2, 0.25) is 0 Å². The average Bonchev–Trinajstić information content (AvgIpc) is 2.49. The summed E-state index contributed by atoms with van der Waals surface area (Å²) in [6.45, 7) is 4.16. The standard InChI is InChI=1S/C18H22ClN/c1-16(14-17-8-4-2-5-9-17)20(13-12-19)15-18-10-6-3-7-11-18/h2-11,16H,12-15H2,1H3/t16-/m0/s1. The second kappa shape index (κ2) is 8.08. The predicted octanol–water partition coefficient (Wildman–Crippen LogP) is 4.36. The van der Waals surface area contributed by atoms with E-state index in [1.54, 1.807) is 0 Å². The summed E-state index contributed by atoms with van der Waals surface area (Å²) in [5.74, 6) is 0.673. The number of benzene rings is 2. The third kappa shape index (κ3) is 4.66. The van der Waals surface area contributed by atoms with Crippen molar-refractivity contribution >= 4 is 11.6 Å². The Bertz CT molecular complexity index is 483. The molecule has 0 aromatic heterocycles. The molecule has 1 atom stereocenters.